The zero-order valence-corrected chi connectivity index (χ0v) is 13.8. The highest BCUT2D eigenvalue weighted by molar-refractivity contribution is 8.13. The number of rotatable bonds is 4. The van der Waals surface area contributed by atoms with E-state index in [-0.39, 0.29) is 26.6 Å². The SMILES string of the molecule is O=C(NCC1CCCO1)c1c(Cl)ccc(S(=O)(=O)Cl)c1Cl. The van der Waals surface area contributed by atoms with Gasteiger partial charge in [-0.15, -0.1) is 0 Å². The van der Waals surface area contributed by atoms with Crippen LogP contribution in [0.25, 0.3) is 0 Å². The van der Waals surface area contributed by atoms with Crippen LogP contribution >= 0.6 is 33.9 Å². The third-order valence-electron chi connectivity index (χ3n) is 3.06. The molecule has 0 radical (unpaired) electrons. The molecule has 5 nitrogen and oxygen atoms in total. The van der Waals surface area contributed by atoms with Crippen molar-refractivity contribution in [2.24, 2.45) is 0 Å². The lowest BCUT2D eigenvalue weighted by Crippen LogP contribution is -2.32. The van der Waals surface area contributed by atoms with Gasteiger partial charge in [-0.2, -0.15) is 0 Å². The summed E-state index contributed by atoms with van der Waals surface area (Å²) in [7, 11) is 1.21. The van der Waals surface area contributed by atoms with Gasteiger partial charge in [0.1, 0.15) is 4.90 Å². The minimum atomic E-state index is -4.06. The number of hydrogen-bond donors (Lipinski definition) is 1. The molecule has 1 atom stereocenters. The van der Waals surface area contributed by atoms with Crippen LogP contribution in [0.2, 0.25) is 10.0 Å². The Bertz CT molecular complexity index is 657. The summed E-state index contributed by atoms with van der Waals surface area (Å²) in [5, 5.41) is 2.39. The lowest BCUT2D eigenvalue weighted by molar-refractivity contribution is 0.0858. The second kappa shape index (κ2) is 6.71. The molecule has 1 aliphatic rings. The van der Waals surface area contributed by atoms with E-state index in [2.05, 4.69) is 5.32 Å². The lowest BCUT2D eigenvalue weighted by Gasteiger charge is -2.13. The van der Waals surface area contributed by atoms with Gasteiger partial charge >= 0.3 is 0 Å². The van der Waals surface area contributed by atoms with Crippen LogP contribution < -0.4 is 5.32 Å². The minimum absolute atomic E-state index is 0.0496. The summed E-state index contributed by atoms with van der Waals surface area (Å²) in [6.45, 7) is 0.978. The molecule has 21 heavy (non-hydrogen) atoms. The van der Waals surface area contributed by atoms with E-state index in [4.69, 9.17) is 38.6 Å². The first-order valence-electron chi connectivity index (χ1n) is 6.13. The van der Waals surface area contributed by atoms with Crippen molar-refractivity contribution in [3.05, 3.63) is 27.7 Å². The average Bonchev–Trinajstić information content (AvgIpc) is 2.87. The molecule has 0 bridgehead atoms. The molecule has 0 saturated carbocycles. The van der Waals surface area contributed by atoms with E-state index >= 15 is 0 Å². The Labute approximate surface area is 136 Å². The standard InChI is InChI=1S/C12H12Cl3NO4S/c13-8-3-4-9(21(15,18)19)11(14)10(8)12(17)16-6-7-2-1-5-20-7/h3-4,7H,1-2,5-6H2,(H,16,17). The maximum Gasteiger partial charge on any atom is 0.262 e. The quantitative estimate of drug-likeness (QED) is 0.825. The van der Waals surface area contributed by atoms with E-state index in [1.807, 2.05) is 0 Å². The molecule has 2 rings (SSSR count). The molecule has 0 spiro atoms. The number of carbonyl (C=O) groups is 1. The minimum Gasteiger partial charge on any atom is -0.376 e. The number of hydrogen-bond acceptors (Lipinski definition) is 4. The number of benzene rings is 1. The first-order valence-corrected chi connectivity index (χ1v) is 9.19. The summed E-state index contributed by atoms with van der Waals surface area (Å²) in [5.74, 6) is -0.567. The maximum atomic E-state index is 12.1. The summed E-state index contributed by atoms with van der Waals surface area (Å²) in [4.78, 5) is 11.8. The van der Waals surface area contributed by atoms with Gasteiger partial charge < -0.3 is 10.1 Å². The maximum absolute atomic E-state index is 12.1. The molecule has 9 heteroatoms. The fourth-order valence-corrected chi connectivity index (χ4v) is 3.93. The zero-order valence-electron chi connectivity index (χ0n) is 10.7. The molecule has 1 N–H and O–H groups in total. The second-order valence-corrected chi connectivity index (χ2v) is 7.84. The molecular weight excluding hydrogens is 361 g/mol. The molecule has 1 fully saturated rings. The van der Waals surface area contributed by atoms with Crippen LogP contribution in [0.3, 0.4) is 0 Å². The highest BCUT2D eigenvalue weighted by Crippen LogP contribution is 2.32. The van der Waals surface area contributed by atoms with Crippen molar-refractivity contribution in [3.8, 4) is 0 Å². The predicted molar refractivity (Wildman–Crippen MR) is 80.8 cm³/mol. The van der Waals surface area contributed by atoms with Crippen LogP contribution in [0.5, 0.6) is 0 Å². The fourth-order valence-electron chi connectivity index (χ4n) is 2.03. The number of amides is 1. The van der Waals surface area contributed by atoms with Crippen molar-refractivity contribution < 1.29 is 17.9 Å². The van der Waals surface area contributed by atoms with E-state index in [0.717, 1.165) is 18.9 Å². The number of ether oxygens (including phenoxy) is 1. The molecule has 1 heterocycles. The molecule has 116 valence electrons. The fraction of sp³-hybridized carbons (Fsp3) is 0.417. The van der Waals surface area contributed by atoms with E-state index in [9.17, 15) is 13.2 Å². The van der Waals surface area contributed by atoms with Gasteiger partial charge in [0.25, 0.3) is 15.0 Å². The third kappa shape index (κ3) is 4.02. The van der Waals surface area contributed by atoms with Gasteiger partial charge in [0.15, 0.2) is 0 Å². The predicted octanol–water partition coefficient (Wildman–Crippen LogP) is 2.83. The summed E-state index contributed by atoms with van der Waals surface area (Å²) in [5.41, 5.74) is -0.113. The normalized spacial score (nSPS) is 18.7. The Balaban J connectivity index is 2.23. The van der Waals surface area contributed by atoms with Crippen molar-refractivity contribution in [2.45, 2.75) is 23.8 Å². The molecule has 1 aliphatic heterocycles. The Morgan fingerprint density at radius 2 is 2.10 bits per heavy atom. The van der Waals surface area contributed by atoms with Gasteiger partial charge in [-0.1, -0.05) is 23.2 Å². The smallest absolute Gasteiger partial charge is 0.262 e. The summed E-state index contributed by atoms with van der Waals surface area (Å²) < 4.78 is 28.2. The van der Waals surface area contributed by atoms with Crippen LogP contribution in [0.15, 0.2) is 17.0 Å². The zero-order chi connectivity index (χ0) is 15.6. The van der Waals surface area contributed by atoms with E-state index in [1.54, 1.807) is 0 Å². The summed E-state index contributed by atoms with van der Waals surface area (Å²) >= 11 is 11.9. The van der Waals surface area contributed by atoms with Gasteiger partial charge in [-0.25, -0.2) is 8.42 Å². The number of nitrogens with one attached hydrogen (secondary N) is 1. The van der Waals surface area contributed by atoms with Crippen LogP contribution in [0.4, 0.5) is 0 Å². The largest absolute Gasteiger partial charge is 0.376 e. The Hall–Kier alpha value is -0.530. The van der Waals surface area contributed by atoms with Gasteiger partial charge in [-0.3, -0.25) is 4.79 Å². The molecule has 1 amide bonds. The Kier molecular flexibility index (Phi) is 5.38. The highest BCUT2D eigenvalue weighted by Gasteiger charge is 2.24. The Morgan fingerprint density at radius 1 is 1.38 bits per heavy atom. The molecule has 0 aliphatic carbocycles. The van der Waals surface area contributed by atoms with Crippen molar-refractivity contribution in [3.63, 3.8) is 0 Å². The molecule has 1 saturated heterocycles. The highest BCUT2D eigenvalue weighted by atomic mass is 35.7. The van der Waals surface area contributed by atoms with Crippen LogP contribution in [-0.2, 0) is 13.8 Å². The van der Waals surface area contributed by atoms with Crippen molar-refractivity contribution in [2.75, 3.05) is 13.2 Å². The molecular formula is C12H12Cl3NO4S. The number of carbonyl (C=O) groups excluding carboxylic acids is 1. The third-order valence-corrected chi connectivity index (χ3v) is 5.24. The first kappa shape index (κ1) is 16.8. The van der Waals surface area contributed by atoms with Crippen molar-refractivity contribution in [1.82, 2.24) is 5.32 Å². The molecule has 1 aromatic rings. The molecule has 1 unspecified atom stereocenters. The van der Waals surface area contributed by atoms with E-state index in [0.29, 0.717) is 13.2 Å². The van der Waals surface area contributed by atoms with Crippen molar-refractivity contribution >= 4 is 48.8 Å². The van der Waals surface area contributed by atoms with Crippen molar-refractivity contribution in [1.29, 1.82) is 0 Å². The molecule has 1 aromatic carbocycles. The first-order chi connectivity index (χ1) is 9.80. The monoisotopic (exact) mass is 371 g/mol. The molecule has 0 aromatic heterocycles. The van der Waals surface area contributed by atoms with Gasteiger partial charge in [0.05, 0.1) is 21.7 Å². The van der Waals surface area contributed by atoms with Gasteiger partial charge in [-0.05, 0) is 25.0 Å². The second-order valence-electron chi connectivity index (χ2n) is 4.52. The van der Waals surface area contributed by atoms with Gasteiger partial charge in [0.2, 0.25) is 0 Å². The topological polar surface area (TPSA) is 72.5 Å². The van der Waals surface area contributed by atoms with Crippen LogP contribution in [-0.4, -0.2) is 33.6 Å². The number of halogens is 3. The average molecular weight is 373 g/mol. The van der Waals surface area contributed by atoms with Gasteiger partial charge in [0, 0.05) is 23.8 Å². The van der Waals surface area contributed by atoms with E-state index < -0.39 is 15.0 Å². The van der Waals surface area contributed by atoms with Crippen LogP contribution in [0.1, 0.15) is 23.2 Å². The van der Waals surface area contributed by atoms with Crippen LogP contribution in [0, 0.1) is 0 Å². The lowest BCUT2D eigenvalue weighted by atomic mass is 10.2. The summed E-state index contributed by atoms with van der Waals surface area (Å²) in [6, 6.07) is 2.42. The van der Waals surface area contributed by atoms with E-state index in [1.165, 1.54) is 6.07 Å². The summed E-state index contributed by atoms with van der Waals surface area (Å²) in [6.07, 6.45) is 1.76. The Morgan fingerprint density at radius 3 is 2.67 bits per heavy atom.